The second kappa shape index (κ2) is 30.0. The van der Waals surface area contributed by atoms with Crippen molar-refractivity contribution in [1.82, 2.24) is 71.0 Å². The Hall–Kier alpha value is -9.36. The van der Waals surface area contributed by atoms with Crippen molar-refractivity contribution >= 4 is 121 Å². The maximum Gasteiger partial charge on any atom is 0.358 e. The first kappa shape index (κ1) is 73.0. The predicted octanol–water partition coefficient (Wildman–Crippen LogP) is 3.08. The van der Waals surface area contributed by atoms with E-state index in [0.29, 0.717) is 36.6 Å². The van der Waals surface area contributed by atoms with Gasteiger partial charge in [0, 0.05) is 69.5 Å². The van der Waals surface area contributed by atoms with Crippen molar-refractivity contribution in [3.05, 3.63) is 112 Å². The largest absolute Gasteiger partial charge is 0.506 e. The molecule has 1 unspecified atom stereocenters. The molecule has 34 nitrogen and oxygen atoms in total. The molecular formula is C65H69N15O19S5. The van der Waals surface area contributed by atoms with Gasteiger partial charge in [-0.25, -0.2) is 39.5 Å². The average molecular weight is 1520 g/mol. The van der Waals surface area contributed by atoms with Crippen LogP contribution < -0.4 is 32.3 Å². The molecule has 11 atom stereocenters. The van der Waals surface area contributed by atoms with E-state index in [4.69, 9.17) is 53.8 Å². The van der Waals surface area contributed by atoms with Gasteiger partial charge in [0.25, 0.3) is 23.6 Å². The van der Waals surface area contributed by atoms with E-state index >= 15 is 19.2 Å². The highest BCUT2D eigenvalue weighted by Crippen LogP contribution is 2.43. The van der Waals surface area contributed by atoms with Gasteiger partial charge >= 0.3 is 11.9 Å². The summed E-state index contributed by atoms with van der Waals surface area (Å²) in [5, 5.41) is 68.3. The van der Waals surface area contributed by atoms with E-state index in [1.165, 1.54) is 60.0 Å². The minimum absolute atomic E-state index is 0.0115. The van der Waals surface area contributed by atoms with Crippen LogP contribution in [0.15, 0.2) is 56.9 Å². The van der Waals surface area contributed by atoms with Crippen LogP contribution in [0.5, 0.6) is 5.75 Å². The molecule has 0 saturated carbocycles. The summed E-state index contributed by atoms with van der Waals surface area (Å²) in [6.45, 7) is 6.21. The number of esters is 2. The van der Waals surface area contributed by atoms with Gasteiger partial charge in [-0.15, -0.1) is 56.7 Å². The van der Waals surface area contributed by atoms with E-state index in [9.17, 15) is 39.7 Å². The number of primary amides is 1. The Kier molecular flexibility index (Phi) is 21.1. The van der Waals surface area contributed by atoms with E-state index in [0.717, 1.165) is 56.7 Å². The van der Waals surface area contributed by atoms with Gasteiger partial charge in [-0.2, -0.15) is 4.73 Å². The molecule has 12 heterocycles. The number of hydrogen-bond acceptors (Lipinski definition) is 32. The van der Waals surface area contributed by atoms with Crippen LogP contribution in [0.25, 0.3) is 49.3 Å². The van der Waals surface area contributed by atoms with Crippen molar-refractivity contribution in [3.8, 4) is 38.4 Å². The summed E-state index contributed by atoms with van der Waals surface area (Å²) in [4.78, 5) is 148. The number of aliphatic hydroxyl groups excluding tert-OH is 1. The Labute approximate surface area is 610 Å². The van der Waals surface area contributed by atoms with Crippen LogP contribution in [0, 0.1) is 0 Å². The number of morpholine rings is 1. The molecule has 0 aliphatic carbocycles. The molecule has 39 heteroatoms. The van der Waals surface area contributed by atoms with E-state index in [1.807, 2.05) is 4.90 Å². The monoisotopic (exact) mass is 1520 g/mol. The van der Waals surface area contributed by atoms with Crippen LogP contribution in [0.3, 0.4) is 0 Å². The minimum atomic E-state index is -1.92. The van der Waals surface area contributed by atoms with Gasteiger partial charge in [-0.05, 0) is 59.5 Å². The standard InChI is InChI=1S/C65H69N15O19S5/c1-26(81)43-57(88)76-44(27(2)93-7)60-71-38(25-102-60)56(87)77-47-49-50(99-41-16-65(4,91)51(78(5)6)28(3)98-41)64(90)96-18-29-9-8-10-39-42(29)31(19-95-49)48(80(39)92)63(89)97-20-33(68-54(85)36-24-104-62(47)73-36)59-69-34(21-101-59)45-30(58-70-37(22-100-58)55(86)75-43)15-40(82)46(74-45)61-72-35(23-103-61)53(84)67-32(52(66)83)17-79-11-13-94-14-12-79/h8-10,15,21-26,28,32-33,41,43,47,49-51,81-82,91-92H,11-14,16-20H2,1-7H3,(H2,66,83)(H,67,84)(H,68,85)(H,75,86)(H,76,88)(H,77,87)/b44-27+/t26-,28+,32?,33+,41+,43+,47+,49+,50+,51-,65+/m1/s1. The number of aromatic hydroxyl groups is 1. The summed E-state index contributed by atoms with van der Waals surface area (Å²) in [6.07, 6.45) is -7.57. The van der Waals surface area contributed by atoms with Crippen molar-refractivity contribution in [1.29, 1.82) is 0 Å². The van der Waals surface area contributed by atoms with Crippen molar-refractivity contribution in [3.63, 3.8) is 0 Å². The highest BCUT2D eigenvalue weighted by Gasteiger charge is 2.50. The number of fused-ring (bicyclic) bond motifs is 15. The zero-order valence-electron chi connectivity index (χ0n) is 56.4. The third-order valence-electron chi connectivity index (χ3n) is 17.9. The molecule has 2 fully saturated rings. The fraction of sp³-hybridized carbons (Fsp3) is 0.415. The van der Waals surface area contributed by atoms with E-state index in [2.05, 4.69) is 41.5 Å². The van der Waals surface area contributed by atoms with Gasteiger partial charge in [0.15, 0.2) is 18.1 Å². The fourth-order valence-electron chi connectivity index (χ4n) is 13.0. The fourth-order valence-corrected chi connectivity index (χ4v) is 17.1. The Morgan fingerprint density at radius 1 is 0.846 bits per heavy atom. The maximum absolute atomic E-state index is 15.2. The molecular weight excluding hydrogens is 1460 g/mol. The van der Waals surface area contributed by atoms with E-state index < -0.39 is 145 Å². The average Bonchev–Trinajstić information content (AvgIpc) is 1.51. The summed E-state index contributed by atoms with van der Waals surface area (Å²) in [5.74, 6) is -7.93. The number of aromatic nitrogens is 7. The summed E-state index contributed by atoms with van der Waals surface area (Å²) in [7, 11) is 4.84. The number of cyclic esters (lactones) is 2. The molecule has 2 saturated heterocycles. The first-order valence-electron chi connectivity index (χ1n) is 32.3. The number of nitrogens with two attached hydrogens (primary N) is 1. The SMILES string of the molecule is CO/C(C)=C1/NC(=O)[C@H]([C@@H](C)O)NC(=O)c2csc(n2)-c2cc(O)c(-c3nc(C(=O)NC(CN4CCOCC4)C(N)=O)cs3)nc2-c2csc(n2)[C@@H]2COC(=O)c3c4c5c(cccc5n3O)COC(=O)[C@@H](O[C@H]3C[C@](C)(O)[C@H](N(C)C)[C@H](C)O3)[C@@H](OC4)[C@H](NC(=O)c3csc1n3)c1nc(cs1)C(=O)N2. The highest BCUT2D eigenvalue weighted by atomic mass is 32.1. The van der Waals surface area contributed by atoms with Crippen LogP contribution in [0.1, 0.15) is 125 Å². The Morgan fingerprint density at radius 2 is 1.52 bits per heavy atom. The number of ether oxygens (including phenoxy) is 7. The van der Waals surface area contributed by atoms with Gasteiger partial charge in [-0.3, -0.25) is 33.7 Å². The van der Waals surface area contributed by atoms with Crippen LogP contribution in [-0.4, -0.2) is 227 Å². The highest BCUT2D eigenvalue weighted by molar-refractivity contribution is 7.14. The summed E-state index contributed by atoms with van der Waals surface area (Å²) in [6, 6.07) is -0.453. The molecule has 7 aromatic heterocycles. The van der Waals surface area contributed by atoms with Gasteiger partial charge in [0.05, 0.1) is 56.3 Å². The number of thiazole rings is 5. The number of carbonyl (C=O) groups is 8. The number of benzene rings is 1. The number of amides is 6. The van der Waals surface area contributed by atoms with Crippen molar-refractivity contribution in [2.24, 2.45) is 5.73 Å². The molecule has 104 heavy (non-hydrogen) atoms. The van der Waals surface area contributed by atoms with E-state index in [1.54, 1.807) is 45.0 Å². The van der Waals surface area contributed by atoms with Gasteiger partial charge in [0.1, 0.15) is 126 Å². The lowest BCUT2D eigenvalue weighted by Crippen LogP contribution is -2.62. The molecule has 5 aliphatic rings. The number of pyridine rings is 1. The minimum Gasteiger partial charge on any atom is -0.506 e. The molecule has 0 radical (unpaired) electrons. The zero-order chi connectivity index (χ0) is 73.7. The van der Waals surface area contributed by atoms with Crippen LogP contribution in [0.4, 0.5) is 0 Å². The molecule has 5 aliphatic heterocycles. The number of carbonyl (C=O) groups excluding carboxylic acids is 8. The molecule has 1 aromatic carbocycles. The number of rotatable bonds is 11. The van der Waals surface area contributed by atoms with Gasteiger partial charge in [-0.1, -0.05) is 12.1 Å². The van der Waals surface area contributed by atoms with Crippen molar-refractivity contribution < 1.29 is 92.0 Å². The summed E-state index contributed by atoms with van der Waals surface area (Å²) < 4.78 is 43.7. The van der Waals surface area contributed by atoms with Crippen LogP contribution >= 0.6 is 56.7 Å². The molecule has 11 N–H and O–H groups in total. The number of methoxy groups -OCH3 is 1. The maximum atomic E-state index is 15.2. The lowest BCUT2D eigenvalue weighted by atomic mass is 9.85. The first-order valence-corrected chi connectivity index (χ1v) is 36.7. The smallest absolute Gasteiger partial charge is 0.358 e. The summed E-state index contributed by atoms with van der Waals surface area (Å²) >= 11 is 4.52. The Bertz CT molecular complexity index is 4730. The van der Waals surface area contributed by atoms with Crippen molar-refractivity contribution in [2.45, 2.75) is 114 Å². The molecule has 12 bridgehead atoms. The van der Waals surface area contributed by atoms with E-state index in [-0.39, 0.29) is 111 Å². The van der Waals surface area contributed by atoms with Crippen LogP contribution in [0.2, 0.25) is 0 Å². The molecule has 0 spiro atoms. The number of nitrogens with one attached hydrogen (secondary N) is 5. The van der Waals surface area contributed by atoms with Gasteiger partial charge in [0.2, 0.25) is 11.8 Å². The molecule has 8 aromatic rings. The van der Waals surface area contributed by atoms with Gasteiger partial charge < -0.3 is 90.9 Å². The number of aliphatic hydroxyl groups is 2. The Morgan fingerprint density at radius 3 is 2.24 bits per heavy atom. The zero-order valence-corrected chi connectivity index (χ0v) is 60.5. The van der Waals surface area contributed by atoms with Crippen LogP contribution in [-0.2, 0) is 60.8 Å². The summed E-state index contributed by atoms with van der Waals surface area (Å²) in [5.41, 5.74) is 3.00. The second-order valence-corrected chi connectivity index (χ2v) is 29.7. The normalized spacial score (nSPS) is 24.8. The Balaban J connectivity index is 0.960. The predicted molar refractivity (Wildman–Crippen MR) is 372 cm³/mol. The number of hydrogen-bond donors (Lipinski definition) is 10. The number of allylic oxidation sites excluding steroid dienone is 1. The molecule has 6 amide bonds. The number of nitrogens with zero attached hydrogens (tertiary/aromatic N) is 9. The second-order valence-electron chi connectivity index (χ2n) is 25.4. The third kappa shape index (κ3) is 14.8. The van der Waals surface area contributed by atoms with Crippen molar-refractivity contribution in [2.75, 3.05) is 60.7 Å². The lowest BCUT2D eigenvalue weighted by molar-refractivity contribution is -0.280. The quantitative estimate of drug-likeness (QED) is 0.0505. The third-order valence-corrected chi connectivity index (χ3v) is 22.4. The topological polar surface area (TPSA) is 457 Å². The lowest BCUT2D eigenvalue weighted by Gasteiger charge is -2.48. The molecule has 13 rings (SSSR count). The number of likely N-dealkylation sites (N-methyl/N-ethyl adjacent to an activating group) is 1. The molecule has 548 valence electrons. The first-order chi connectivity index (χ1) is 49.7.